The van der Waals surface area contributed by atoms with E-state index < -0.39 is 12.1 Å². The van der Waals surface area contributed by atoms with Gasteiger partial charge >= 0.3 is 5.97 Å². The highest BCUT2D eigenvalue weighted by Gasteiger charge is 2.16. The first kappa shape index (κ1) is 14.9. The molecule has 3 heteroatoms. The highest BCUT2D eigenvalue weighted by Crippen LogP contribution is 2.04. The summed E-state index contributed by atoms with van der Waals surface area (Å²) in [7, 11) is 1.26. The third-order valence-electron chi connectivity index (χ3n) is 2.37. The largest absolute Gasteiger partial charge is 0.467 e. The Morgan fingerprint density at radius 3 is 2.69 bits per heavy atom. The van der Waals surface area contributed by atoms with Crippen molar-refractivity contribution in [3.05, 3.63) is 17.4 Å². The van der Waals surface area contributed by atoms with Crippen LogP contribution in [0.15, 0.2) is 17.4 Å². The van der Waals surface area contributed by atoms with Crippen LogP contribution >= 0.6 is 0 Å². The molecule has 0 saturated heterocycles. The summed E-state index contributed by atoms with van der Waals surface area (Å²) in [5.41, 5.74) is 3.42. The number of ether oxygens (including phenoxy) is 1. The Hall–Kier alpha value is -1.05. The van der Waals surface area contributed by atoms with Gasteiger partial charge in [-0.1, -0.05) is 26.2 Å². The van der Waals surface area contributed by atoms with Gasteiger partial charge < -0.3 is 9.84 Å². The summed E-state index contributed by atoms with van der Waals surface area (Å²) in [5.74, 6) is -0.635. The molecule has 0 amide bonds. The summed E-state index contributed by atoms with van der Waals surface area (Å²) in [6.07, 6.45) is 6.44. The quantitative estimate of drug-likeness (QED) is 0.412. The topological polar surface area (TPSA) is 46.5 Å². The monoisotopic (exact) mass is 226 g/mol. The first-order valence-corrected chi connectivity index (χ1v) is 5.81. The molecule has 0 spiro atoms. The van der Waals surface area contributed by atoms with Crippen LogP contribution in [0.2, 0.25) is 0 Å². The van der Waals surface area contributed by atoms with Gasteiger partial charge in [-0.3, -0.25) is 0 Å². The predicted octanol–water partition coefficient (Wildman–Crippen LogP) is 2.59. The molecule has 16 heavy (non-hydrogen) atoms. The van der Waals surface area contributed by atoms with Gasteiger partial charge in [0.2, 0.25) is 0 Å². The van der Waals surface area contributed by atoms with Crippen LogP contribution in [0.5, 0.6) is 0 Å². The molecule has 1 N–H and O–H groups in total. The second-order valence-corrected chi connectivity index (χ2v) is 3.81. The normalized spacial score (nSPS) is 11.5. The highest BCUT2D eigenvalue weighted by atomic mass is 16.5. The number of aliphatic hydroxyl groups excluding tert-OH is 1. The summed E-state index contributed by atoms with van der Waals surface area (Å²) in [5, 5.41) is 9.43. The third-order valence-corrected chi connectivity index (χ3v) is 2.37. The van der Waals surface area contributed by atoms with Crippen molar-refractivity contribution in [2.24, 2.45) is 0 Å². The minimum atomic E-state index is -1.18. The zero-order valence-corrected chi connectivity index (χ0v) is 10.5. The van der Waals surface area contributed by atoms with Crippen molar-refractivity contribution in [3.8, 4) is 0 Å². The summed E-state index contributed by atoms with van der Waals surface area (Å²) in [4.78, 5) is 11.0. The van der Waals surface area contributed by atoms with Gasteiger partial charge in [-0.2, -0.15) is 0 Å². The third kappa shape index (κ3) is 6.44. The van der Waals surface area contributed by atoms with Crippen LogP contribution in [0, 0.1) is 0 Å². The molecule has 0 bridgehead atoms. The summed E-state index contributed by atoms with van der Waals surface area (Å²) in [6, 6.07) is 0. The van der Waals surface area contributed by atoms with E-state index in [9.17, 15) is 9.90 Å². The molecule has 0 aliphatic carbocycles. The fourth-order valence-electron chi connectivity index (χ4n) is 1.27. The number of carbonyl (C=O) groups is 1. The molecule has 0 aliphatic rings. The molecule has 0 aliphatic heterocycles. The molecule has 0 saturated carbocycles. The number of rotatable bonds is 7. The summed E-state index contributed by atoms with van der Waals surface area (Å²) >= 11 is 0. The fraction of sp³-hybridized carbons (Fsp3) is 0.692. The number of hydrogen-bond donors (Lipinski definition) is 1. The Morgan fingerprint density at radius 1 is 1.44 bits per heavy atom. The molecule has 0 aromatic rings. The Kier molecular flexibility index (Phi) is 8.59. The summed E-state index contributed by atoms with van der Waals surface area (Å²) in [6.45, 7) is 3.84. The predicted molar refractivity (Wildman–Crippen MR) is 64.1 cm³/mol. The van der Waals surface area contributed by atoms with Crippen LogP contribution in [0.1, 0.15) is 46.0 Å². The van der Waals surface area contributed by atoms with Crippen LogP contribution in [-0.2, 0) is 9.53 Å². The van der Waals surface area contributed by atoms with E-state index in [1.807, 2.05) is 6.08 Å². The minimum Gasteiger partial charge on any atom is -0.467 e. The van der Waals surface area contributed by atoms with Gasteiger partial charge in [0.05, 0.1) is 7.11 Å². The molecule has 0 unspecified atom stereocenters. The van der Waals surface area contributed by atoms with Crippen LogP contribution in [0.4, 0.5) is 0 Å². The molecule has 0 rings (SSSR count). The van der Waals surface area contributed by atoms with E-state index in [0.717, 1.165) is 12.8 Å². The van der Waals surface area contributed by atoms with Gasteiger partial charge in [0, 0.05) is 5.57 Å². The molecular weight excluding hydrogens is 204 g/mol. The average molecular weight is 226 g/mol. The lowest BCUT2D eigenvalue weighted by atomic mass is 10.1. The minimum absolute atomic E-state index is 0.502. The van der Waals surface area contributed by atoms with E-state index in [1.54, 1.807) is 6.92 Å². The van der Waals surface area contributed by atoms with Crippen LogP contribution < -0.4 is 0 Å². The first-order chi connectivity index (χ1) is 7.63. The van der Waals surface area contributed by atoms with E-state index in [1.165, 1.54) is 26.4 Å². The zero-order chi connectivity index (χ0) is 12.4. The lowest BCUT2D eigenvalue weighted by molar-refractivity contribution is -0.148. The van der Waals surface area contributed by atoms with Gasteiger partial charge in [-0.25, -0.2) is 4.79 Å². The highest BCUT2D eigenvalue weighted by molar-refractivity contribution is 5.77. The molecule has 0 heterocycles. The molecule has 0 radical (unpaired) electrons. The number of unbranched alkanes of at least 4 members (excludes halogenated alkanes) is 4. The maximum atomic E-state index is 11.0. The van der Waals surface area contributed by atoms with E-state index in [-0.39, 0.29) is 0 Å². The lowest BCUT2D eigenvalue weighted by Gasteiger charge is -2.05. The van der Waals surface area contributed by atoms with Gasteiger partial charge in [0.1, 0.15) is 0 Å². The Labute approximate surface area is 97.8 Å². The van der Waals surface area contributed by atoms with Crippen molar-refractivity contribution in [1.29, 1.82) is 0 Å². The van der Waals surface area contributed by atoms with E-state index in [0.29, 0.717) is 5.57 Å². The standard InChI is InChI=1S/C13H22O3/c1-4-5-6-7-8-9-10-11(2)12(14)13(15)16-3/h9,12,14H,4-8H2,1-3H3/t10?,12-/m0/s1. The maximum Gasteiger partial charge on any atom is 0.339 e. The van der Waals surface area contributed by atoms with Gasteiger partial charge in [-0.15, -0.1) is 5.73 Å². The van der Waals surface area contributed by atoms with Crippen LogP contribution in [0.25, 0.3) is 0 Å². The van der Waals surface area contributed by atoms with Crippen molar-refractivity contribution in [2.75, 3.05) is 7.11 Å². The van der Waals surface area contributed by atoms with Crippen molar-refractivity contribution < 1.29 is 14.6 Å². The lowest BCUT2D eigenvalue weighted by Crippen LogP contribution is -2.22. The smallest absolute Gasteiger partial charge is 0.339 e. The summed E-state index contributed by atoms with van der Waals surface area (Å²) < 4.78 is 4.43. The Bertz CT molecular complexity index is 262. The van der Waals surface area contributed by atoms with Gasteiger partial charge in [-0.05, 0) is 25.8 Å². The number of methoxy groups -OCH3 is 1. The number of carbonyl (C=O) groups excluding carboxylic acids is 1. The number of aliphatic hydroxyl groups is 1. The number of hydrogen-bond acceptors (Lipinski definition) is 3. The fourth-order valence-corrected chi connectivity index (χ4v) is 1.27. The molecule has 92 valence electrons. The number of esters is 1. The zero-order valence-electron chi connectivity index (χ0n) is 10.5. The van der Waals surface area contributed by atoms with Gasteiger partial charge in [0.25, 0.3) is 0 Å². The van der Waals surface area contributed by atoms with E-state index in [2.05, 4.69) is 17.4 Å². The van der Waals surface area contributed by atoms with E-state index >= 15 is 0 Å². The molecule has 0 aromatic carbocycles. The molecule has 0 aromatic heterocycles. The van der Waals surface area contributed by atoms with Crippen molar-refractivity contribution in [1.82, 2.24) is 0 Å². The Morgan fingerprint density at radius 2 is 2.12 bits per heavy atom. The van der Waals surface area contributed by atoms with Crippen molar-refractivity contribution in [3.63, 3.8) is 0 Å². The van der Waals surface area contributed by atoms with E-state index in [4.69, 9.17) is 0 Å². The van der Waals surface area contributed by atoms with Crippen molar-refractivity contribution >= 4 is 5.97 Å². The SMILES string of the molecule is CCCCCCC=C=C(C)[C@H](O)C(=O)OC. The van der Waals surface area contributed by atoms with Crippen LogP contribution in [0.3, 0.4) is 0 Å². The Balaban J connectivity index is 4.00. The van der Waals surface area contributed by atoms with Crippen LogP contribution in [-0.4, -0.2) is 24.3 Å². The first-order valence-electron chi connectivity index (χ1n) is 5.81. The maximum absolute atomic E-state index is 11.0. The second-order valence-electron chi connectivity index (χ2n) is 3.81. The second kappa shape index (κ2) is 9.20. The van der Waals surface area contributed by atoms with Crippen molar-refractivity contribution in [2.45, 2.75) is 52.1 Å². The van der Waals surface area contributed by atoms with Gasteiger partial charge in [0.15, 0.2) is 6.10 Å². The average Bonchev–Trinajstić information content (AvgIpc) is 2.31. The molecular formula is C13H22O3. The molecule has 0 fully saturated rings. The molecule has 3 nitrogen and oxygen atoms in total. The molecule has 1 atom stereocenters.